The molecule has 0 aliphatic carbocycles. The lowest BCUT2D eigenvalue weighted by Crippen LogP contribution is -2.25. The Balaban J connectivity index is 3.06. The van der Waals surface area contributed by atoms with Gasteiger partial charge in [-0.3, -0.25) is 0 Å². The van der Waals surface area contributed by atoms with Crippen LogP contribution < -0.4 is 5.73 Å². The highest BCUT2D eigenvalue weighted by Gasteiger charge is 2.16. The van der Waals surface area contributed by atoms with Crippen LogP contribution in [0.4, 0.5) is 0 Å². The minimum atomic E-state index is -0.534. The third-order valence-electron chi connectivity index (χ3n) is 2.73. The van der Waals surface area contributed by atoms with Crippen LogP contribution in [0.15, 0.2) is 12.1 Å². The van der Waals surface area contributed by atoms with E-state index in [0.717, 1.165) is 16.7 Å². The predicted molar refractivity (Wildman–Crippen MR) is 60.8 cm³/mol. The van der Waals surface area contributed by atoms with Crippen molar-refractivity contribution in [1.82, 2.24) is 0 Å². The summed E-state index contributed by atoms with van der Waals surface area (Å²) < 4.78 is 0. The second kappa shape index (κ2) is 4.64. The Morgan fingerprint density at radius 2 is 1.73 bits per heavy atom. The normalized spacial score (nSPS) is 15.0. The molecule has 3 heteroatoms. The molecule has 0 aliphatic heterocycles. The van der Waals surface area contributed by atoms with Crippen LogP contribution in [0.3, 0.4) is 0 Å². The molecular weight excluding hydrogens is 190 g/mol. The first-order valence-corrected chi connectivity index (χ1v) is 5.21. The van der Waals surface area contributed by atoms with Crippen LogP contribution in [0.1, 0.15) is 36.1 Å². The van der Waals surface area contributed by atoms with E-state index in [0.29, 0.717) is 12.2 Å². The maximum atomic E-state index is 9.64. The van der Waals surface area contributed by atoms with Crippen molar-refractivity contribution >= 4 is 0 Å². The first kappa shape index (κ1) is 12.0. The van der Waals surface area contributed by atoms with Gasteiger partial charge in [0, 0.05) is 0 Å². The fraction of sp³-hybridized carbons (Fsp3) is 0.500. The summed E-state index contributed by atoms with van der Waals surface area (Å²) in [5.41, 5.74) is 8.37. The second-order valence-corrected chi connectivity index (χ2v) is 4.00. The smallest absolute Gasteiger partial charge is 0.121 e. The summed E-state index contributed by atoms with van der Waals surface area (Å²) in [5, 5.41) is 19.2. The fourth-order valence-corrected chi connectivity index (χ4v) is 1.66. The molecule has 0 fully saturated rings. The van der Waals surface area contributed by atoms with Gasteiger partial charge in [0.1, 0.15) is 5.75 Å². The molecule has 0 amide bonds. The number of nitrogens with two attached hydrogens (primary N) is 1. The van der Waals surface area contributed by atoms with Gasteiger partial charge in [-0.05, 0) is 37.0 Å². The number of aliphatic hydroxyl groups excluding tert-OH is 1. The molecule has 0 heterocycles. The van der Waals surface area contributed by atoms with E-state index in [-0.39, 0.29) is 6.04 Å². The Labute approximate surface area is 90.5 Å². The largest absolute Gasteiger partial charge is 0.507 e. The average molecular weight is 209 g/mol. The minimum absolute atomic E-state index is 0.303. The molecule has 1 aromatic rings. The van der Waals surface area contributed by atoms with Crippen molar-refractivity contribution in [3.63, 3.8) is 0 Å². The zero-order chi connectivity index (χ0) is 11.6. The number of hydrogen-bond donors (Lipinski definition) is 3. The summed E-state index contributed by atoms with van der Waals surface area (Å²) in [4.78, 5) is 0. The van der Waals surface area contributed by atoms with Crippen molar-refractivity contribution in [2.45, 2.75) is 39.3 Å². The summed E-state index contributed by atoms with van der Waals surface area (Å²) in [6.07, 6.45) is 0.0912. The van der Waals surface area contributed by atoms with Crippen molar-refractivity contribution in [1.29, 1.82) is 0 Å². The van der Waals surface area contributed by atoms with Crippen molar-refractivity contribution < 1.29 is 10.2 Å². The van der Waals surface area contributed by atoms with E-state index in [4.69, 9.17) is 5.73 Å². The standard InChI is InChI=1S/C12H19NO2/c1-4-10(14)11(13)9-5-7(2)12(15)8(3)6-9/h5-6,10-11,14-15H,4,13H2,1-3H3/t10-,11+/m1/s1. The lowest BCUT2D eigenvalue weighted by molar-refractivity contribution is 0.140. The van der Waals surface area contributed by atoms with E-state index in [9.17, 15) is 10.2 Å². The molecule has 0 saturated heterocycles. The number of aryl methyl sites for hydroxylation is 2. The van der Waals surface area contributed by atoms with Crippen LogP contribution >= 0.6 is 0 Å². The van der Waals surface area contributed by atoms with Gasteiger partial charge in [-0.1, -0.05) is 19.1 Å². The topological polar surface area (TPSA) is 66.5 Å². The number of phenols is 1. The van der Waals surface area contributed by atoms with Crippen LogP contribution in [0.2, 0.25) is 0 Å². The monoisotopic (exact) mass is 209 g/mol. The molecule has 0 bridgehead atoms. The molecule has 0 aliphatic rings. The molecule has 1 aromatic carbocycles. The first-order chi connectivity index (χ1) is 6.97. The second-order valence-electron chi connectivity index (χ2n) is 4.00. The highest BCUT2D eigenvalue weighted by molar-refractivity contribution is 5.43. The zero-order valence-electron chi connectivity index (χ0n) is 9.49. The maximum Gasteiger partial charge on any atom is 0.121 e. The number of phenolic OH excluding ortho intramolecular Hbond substituents is 1. The summed E-state index contributed by atoms with van der Waals surface area (Å²) in [5.74, 6) is 0.303. The van der Waals surface area contributed by atoms with Crippen molar-refractivity contribution in [2.75, 3.05) is 0 Å². The van der Waals surface area contributed by atoms with Crippen molar-refractivity contribution in [2.24, 2.45) is 5.73 Å². The number of benzene rings is 1. The van der Waals surface area contributed by atoms with Gasteiger partial charge in [0.2, 0.25) is 0 Å². The van der Waals surface area contributed by atoms with E-state index < -0.39 is 6.10 Å². The maximum absolute atomic E-state index is 9.64. The molecule has 3 nitrogen and oxygen atoms in total. The Morgan fingerprint density at radius 1 is 1.27 bits per heavy atom. The summed E-state index contributed by atoms with van der Waals surface area (Å²) in [6, 6.07) is 3.27. The lowest BCUT2D eigenvalue weighted by atomic mass is 9.96. The van der Waals surface area contributed by atoms with E-state index in [1.54, 1.807) is 0 Å². The van der Waals surface area contributed by atoms with Crippen LogP contribution in [0.25, 0.3) is 0 Å². The van der Waals surface area contributed by atoms with Gasteiger partial charge in [-0.25, -0.2) is 0 Å². The van der Waals surface area contributed by atoms with Crippen molar-refractivity contribution in [3.8, 4) is 5.75 Å². The van der Waals surface area contributed by atoms with Gasteiger partial charge in [-0.2, -0.15) is 0 Å². The summed E-state index contributed by atoms with van der Waals surface area (Å²) in [6.45, 7) is 5.55. The van der Waals surface area contributed by atoms with Crippen LogP contribution in [-0.2, 0) is 0 Å². The van der Waals surface area contributed by atoms with Crippen molar-refractivity contribution in [3.05, 3.63) is 28.8 Å². The number of rotatable bonds is 3. The van der Waals surface area contributed by atoms with Gasteiger partial charge in [-0.15, -0.1) is 0 Å². The predicted octanol–water partition coefficient (Wildman–Crippen LogP) is 1.78. The molecule has 0 spiro atoms. The van der Waals surface area contributed by atoms with Gasteiger partial charge in [0.05, 0.1) is 12.1 Å². The third kappa shape index (κ3) is 2.49. The minimum Gasteiger partial charge on any atom is -0.507 e. The van der Waals surface area contributed by atoms with E-state index in [1.165, 1.54) is 0 Å². The van der Waals surface area contributed by atoms with Crippen LogP contribution in [0, 0.1) is 13.8 Å². The Hall–Kier alpha value is -1.06. The Morgan fingerprint density at radius 3 is 2.13 bits per heavy atom. The van der Waals surface area contributed by atoms with Gasteiger partial charge in [0.25, 0.3) is 0 Å². The zero-order valence-corrected chi connectivity index (χ0v) is 9.49. The number of hydrogen-bond acceptors (Lipinski definition) is 3. The van der Waals surface area contributed by atoms with Gasteiger partial charge >= 0.3 is 0 Å². The van der Waals surface area contributed by atoms with Gasteiger partial charge < -0.3 is 15.9 Å². The fourth-order valence-electron chi connectivity index (χ4n) is 1.66. The number of aliphatic hydroxyl groups is 1. The van der Waals surface area contributed by atoms with E-state index in [1.807, 2.05) is 32.9 Å². The highest BCUT2D eigenvalue weighted by atomic mass is 16.3. The number of aromatic hydroxyl groups is 1. The molecule has 0 radical (unpaired) electrons. The first-order valence-electron chi connectivity index (χ1n) is 5.21. The quantitative estimate of drug-likeness (QED) is 0.711. The molecular formula is C12H19NO2. The Bertz CT molecular complexity index is 326. The van der Waals surface area contributed by atoms with Crippen LogP contribution in [0.5, 0.6) is 5.75 Å². The molecule has 0 unspecified atom stereocenters. The van der Waals surface area contributed by atoms with E-state index >= 15 is 0 Å². The Kier molecular flexibility index (Phi) is 3.72. The summed E-state index contributed by atoms with van der Waals surface area (Å²) >= 11 is 0. The van der Waals surface area contributed by atoms with Crippen LogP contribution in [-0.4, -0.2) is 16.3 Å². The molecule has 1 rings (SSSR count). The average Bonchev–Trinajstić information content (AvgIpc) is 2.23. The third-order valence-corrected chi connectivity index (χ3v) is 2.73. The lowest BCUT2D eigenvalue weighted by Gasteiger charge is -2.19. The molecule has 15 heavy (non-hydrogen) atoms. The highest BCUT2D eigenvalue weighted by Crippen LogP contribution is 2.26. The molecule has 84 valence electrons. The molecule has 2 atom stereocenters. The SMILES string of the molecule is CC[C@@H](O)[C@@H](N)c1cc(C)c(O)c(C)c1. The molecule has 4 N–H and O–H groups in total. The summed E-state index contributed by atoms with van der Waals surface area (Å²) in [7, 11) is 0. The van der Waals surface area contributed by atoms with Gasteiger partial charge in [0.15, 0.2) is 0 Å². The molecule has 0 aromatic heterocycles. The molecule has 0 saturated carbocycles. The van der Waals surface area contributed by atoms with E-state index in [2.05, 4.69) is 0 Å².